The lowest BCUT2D eigenvalue weighted by Gasteiger charge is -2.29. The molecular weight excluding hydrogens is 186 g/mol. The summed E-state index contributed by atoms with van der Waals surface area (Å²) < 4.78 is 0. The molecule has 0 aromatic heterocycles. The van der Waals surface area contributed by atoms with E-state index >= 15 is 0 Å². The molecule has 1 N–H and O–H groups in total. The molecule has 0 aromatic rings. The lowest BCUT2D eigenvalue weighted by molar-refractivity contribution is -0.111. The van der Waals surface area contributed by atoms with Gasteiger partial charge < -0.3 is 5.32 Å². The average molecular weight is 197 g/mol. The molecule has 1 unspecified atom stereocenters. The summed E-state index contributed by atoms with van der Waals surface area (Å²) in [5, 5.41) is 3.39. The summed E-state index contributed by atoms with van der Waals surface area (Å²) in [7, 11) is 0. The highest BCUT2D eigenvalue weighted by Gasteiger charge is 2.27. The fourth-order valence-corrected chi connectivity index (χ4v) is 2.23. The van der Waals surface area contributed by atoms with Crippen molar-refractivity contribution >= 4 is 5.78 Å². The number of carbonyl (C=O) groups is 1. The van der Waals surface area contributed by atoms with Gasteiger partial charge in [0.2, 0.25) is 0 Å². The molecule has 15 heavy (non-hydrogen) atoms. The molecule has 0 aromatic carbocycles. The normalized spacial score (nSPS) is 27.6. The minimum Gasteiger partial charge on any atom is -0.303 e. The third kappa shape index (κ3) is 1.26. The number of hydrogen-bond donors (Lipinski definition) is 1. The molecule has 1 aliphatic heterocycles. The van der Waals surface area contributed by atoms with Crippen LogP contribution >= 0.6 is 0 Å². The Kier molecular flexibility index (Phi) is 1.82. The van der Waals surface area contributed by atoms with Crippen LogP contribution in [0.2, 0.25) is 0 Å². The van der Waals surface area contributed by atoms with E-state index in [-0.39, 0.29) is 11.8 Å². The van der Waals surface area contributed by atoms with Crippen LogP contribution in [-0.2, 0) is 4.79 Å². The van der Waals surface area contributed by atoms with E-state index in [1.807, 2.05) is 30.4 Å². The molecule has 0 radical (unpaired) electrons. The van der Waals surface area contributed by atoms with Gasteiger partial charge in [-0.05, 0) is 17.2 Å². The van der Waals surface area contributed by atoms with Gasteiger partial charge in [0.25, 0.3) is 0 Å². The van der Waals surface area contributed by atoms with E-state index in [1.54, 1.807) is 6.08 Å². The molecule has 2 aliphatic carbocycles. The summed E-state index contributed by atoms with van der Waals surface area (Å²) in [4.78, 5) is 11.8. The molecule has 74 valence electrons. The van der Waals surface area contributed by atoms with Gasteiger partial charge in [0, 0.05) is 12.1 Å². The second-order valence-electron chi connectivity index (χ2n) is 3.85. The van der Waals surface area contributed by atoms with Crippen LogP contribution in [0.4, 0.5) is 0 Å². The van der Waals surface area contributed by atoms with Gasteiger partial charge in [0.05, 0.1) is 6.04 Å². The Morgan fingerprint density at radius 3 is 3.07 bits per heavy atom. The molecule has 0 spiro atoms. The van der Waals surface area contributed by atoms with Gasteiger partial charge in [-0.1, -0.05) is 36.5 Å². The largest absolute Gasteiger partial charge is 0.303 e. The quantitative estimate of drug-likeness (QED) is 0.636. The molecule has 0 saturated heterocycles. The fourth-order valence-electron chi connectivity index (χ4n) is 2.23. The first-order valence-electron chi connectivity index (χ1n) is 5.10. The van der Waals surface area contributed by atoms with Crippen molar-refractivity contribution < 1.29 is 4.79 Å². The molecule has 2 heteroatoms. The molecular formula is C13H11NO. The topological polar surface area (TPSA) is 29.1 Å². The highest BCUT2D eigenvalue weighted by atomic mass is 16.1. The van der Waals surface area contributed by atoms with Crippen LogP contribution in [0.25, 0.3) is 0 Å². The molecule has 2 nitrogen and oxygen atoms in total. The standard InChI is InChI=1S/C13H11NO/c15-12-7-3-4-9-8-14-11-6-2-1-5-10(11)13(9)12/h1-7,11,14H,8H2. The first kappa shape index (κ1) is 8.62. The molecule has 0 amide bonds. The van der Waals surface area contributed by atoms with Crippen LogP contribution in [-0.4, -0.2) is 18.4 Å². The first-order chi connectivity index (χ1) is 7.36. The SMILES string of the molecule is O=C1C=CC=C2CNC3C=CC=CC3=C12. The summed E-state index contributed by atoms with van der Waals surface area (Å²) >= 11 is 0. The van der Waals surface area contributed by atoms with Crippen LogP contribution in [0.15, 0.2) is 59.3 Å². The smallest absolute Gasteiger partial charge is 0.186 e. The van der Waals surface area contributed by atoms with Crippen LogP contribution in [0.3, 0.4) is 0 Å². The van der Waals surface area contributed by atoms with Crippen LogP contribution < -0.4 is 5.32 Å². The van der Waals surface area contributed by atoms with Gasteiger partial charge in [0.1, 0.15) is 0 Å². The molecule has 0 fully saturated rings. The van der Waals surface area contributed by atoms with Crippen molar-refractivity contribution in [1.82, 2.24) is 5.32 Å². The van der Waals surface area contributed by atoms with Crippen LogP contribution in [0.5, 0.6) is 0 Å². The Morgan fingerprint density at radius 2 is 2.13 bits per heavy atom. The number of ketones is 1. The zero-order chi connectivity index (χ0) is 10.3. The number of allylic oxidation sites excluding steroid dienone is 5. The Bertz CT molecular complexity index is 475. The second kappa shape index (κ2) is 3.17. The highest BCUT2D eigenvalue weighted by molar-refractivity contribution is 6.10. The fraction of sp³-hybridized carbons (Fsp3) is 0.154. The Morgan fingerprint density at radius 1 is 1.20 bits per heavy atom. The Balaban J connectivity index is 2.19. The number of rotatable bonds is 0. The lowest BCUT2D eigenvalue weighted by atomic mass is 9.84. The summed E-state index contributed by atoms with van der Waals surface area (Å²) in [6.07, 6.45) is 13.6. The van der Waals surface area contributed by atoms with Gasteiger partial charge in [-0.2, -0.15) is 0 Å². The predicted molar refractivity (Wildman–Crippen MR) is 59.3 cm³/mol. The number of hydrogen-bond acceptors (Lipinski definition) is 2. The van der Waals surface area contributed by atoms with E-state index in [4.69, 9.17) is 0 Å². The molecule has 1 atom stereocenters. The maximum Gasteiger partial charge on any atom is 0.186 e. The number of fused-ring (bicyclic) bond motifs is 2. The molecule has 1 heterocycles. The van der Waals surface area contributed by atoms with Gasteiger partial charge >= 0.3 is 0 Å². The third-order valence-corrected chi connectivity index (χ3v) is 2.94. The summed E-state index contributed by atoms with van der Waals surface area (Å²) in [6.45, 7) is 0.776. The van der Waals surface area contributed by atoms with E-state index in [1.165, 1.54) is 0 Å². The van der Waals surface area contributed by atoms with Gasteiger partial charge in [-0.25, -0.2) is 0 Å². The van der Waals surface area contributed by atoms with E-state index in [0.717, 1.165) is 23.3 Å². The van der Waals surface area contributed by atoms with Gasteiger partial charge in [-0.15, -0.1) is 0 Å². The molecule has 3 rings (SSSR count). The second-order valence-corrected chi connectivity index (χ2v) is 3.85. The maximum atomic E-state index is 11.8. The van der Waals surface area contributed by atoms with Crippen molar-refractivity contribution in [2.45, 2.75) is 6.04 Å². The van der Waals surface area contributed by atoms with Crippen LogP contribution in [0, 0.1) is 0 Å². The maximum absolute atomic E-state index is 11.8. The minimum absolute atomic E-state index is 0.133. The van der Waals surface area contributed by atoms with Crippen molar-refractivity contribution in [2.24, 2.45) is 0 Å². The van der Waals surface area contributed by atoms with Crippen molar-refractivity contribution in [3.05, 3.63) is 59.3 Å². The van der Waals surface area contributed by atoms with E-state index in [0.29, 0.717) is 0 Å². The van der Waals surface area contributed by atoms with Crippen molar-refractivity contribution in [3.63, 3.8) is 0 Å². The van der Waals surface area contributed by atoms with Gasteiger partial charge in [-0.3, -0.25) is 4.79 Å². The first-order valence-corrected chi connectivity index (χ1v) is 5.10. The van der Waals surface area contributed by atoms with Crippen molar-refractivity contribution in [1.29, 1.82) is 0 Å². The zero-order valence-electron chi connectivity index (χ0n) is 8.23. The van der Waals surface area contributed by atoms with E-state index in [9.17, 15) is 4.79 Å². The third-order valence-electron chi connectivity index (χ3n) is 2.94. The summed E-state index contributed by atoms with van der Waals surface area (Å²) in [5.74, 6) is 0.133. The monoisotopic (exact) mass is 197 g/mol. The molecule has 0 bridgehead atoms. The predicted octanol–water partition coefficient (Wildman–Crippen LogP) is 1.45. The minimum atomic E-state index is 0.133. The summed E-state index contributed by atoms with van der Waals surface area (Å²) in [6, 6.07) is 0.206. The summed E-state index contributed by atoms with van der Waals surface area (Å²) in [5.41, 5.74) is 3.10. The van der Waals surface area contributed by atoms with E-state index in [2.05, 4.69) is 11.4 Å². The Labute approximate surface area is 88.4 Å². The lowest BCUT2D eigenvalue weighted by Crippen LogP contribution is -2.38. The van der Waals surface area contributed by atoms with Crippen LogP contribution in [0.1, 0.15) is 0 Å². The molecule has 0 saturated carbocycles. The highest BCUT2D eigenvalue weighted by Crippen LogP contribution is 2.28. The average Bonchev–Trinajstić information content (AvgIpc) is 2.29. The number of nitrogens with one attached hydrogen (secondary N) is 1. The number of carbonyl (C=O) groups excluding carboxylic acids is 1. The van der Waals surface area contributed by atoms with Crippen molar-refractivity contribution in [3.8, 4) is 0 Å². The van der Waals surface area contributed by atoms with E-state index < -0.39 is 0 Å². The molecule has 3 aliphatic rings. The Hall–Kier alpha value is -1.67. The zero-order valence-corrected chi connectivity index (χ0v) is 8.23. The van der Waals surface area contributed by atoms with Gasteiger partial charge in [0.15, 0.2) is 5.78 Å². The van der Waals surface area contributed by atoms with Crippen molar-refractivity contribution in [2.75, 3.05) is 6.54 Å².